The van der Waals surface area contributed by atoms with Crippen LogP contribution in [0.3, 0.4) is 0 Å². The van der Waals surface area contributed by atoms with Gasteiger partial charge in [0.05, 0.1) is 30.1 Å². The standard InChI is InChI=1S/C18H16N6O/c1-2-25-16-9-4-3-8-15(16)22-17-12-20-24-18(23-17)21-14-7-5-6-13(10-14)11-19/h3-10,12H,2H2,1H3,(H2,21,22,23,24). The summed E-state index contributed by atoms with van der Waals surface area (Å²) in [4.78, 5) is 4.39. The summed E-state index contributed by atoms with van der Waals surface area (Å²) in [5, 5.41) is 23.1. The van der Waals surface area contributed by atoms with Gasteiger partial charge >= 0.3 is 0 Å². The Kier molecular flexibility index (Phi) is 5.02. The highest BCUT2D eigenvalue weighted by Crippen LogP contribution is 2.26. The van der Waals surface area contributed by atoms with Crippen molar-refractivity contribution in [3.8, 4) is 11.8 Å². The quantitative estimate of drug-likeness (QED) is 0.711. The van der Waals surface area contributed by atoms with Crippen molar-refractivity contribution in [1.82, 2.24) is 15.2 Å². The summed E-state index contributed by atoms with van der Waals surface area (Å²) >= 11 is 0. The fourth-order valence-corrected chi connectivity index (χ4v) is 2.20. The molecule has 0 saturated heterocycles. The molecule has 0 spiro atoms. The molecule has 7 nitrogen and oxygen atoms in total. The first-order valence-corrected chi connectivity index (χ1v) is 7.74. The molecule has 1 heterocycles. The Morgan fingerprint density at radius 3 is 2.84 bits per heavy atom. The fourth-order valence-electron chi connectivity index (χ4n) is 2.20. The van der Waals surface area contributed by atoms with Crippen molar-refractivity contribution in [3.05, 3.63) is 60.3 Å². The third-order valence-electron chi connectivity index (χ3n) is 3.26. The second-order valence-corrected chi connectivity index (χ2v) is 5.04. The number of hydrogen-bond donors (Lipinski definition) is 2. The lowest BCUT2D eigenvalue weighted by Crippen LogP contribution is -2.03. The molecule has 0 fully saturated rings. The van der Waals surface area contributed by atoms with Gasteiger partial charge in [-0.1, -0.05) is 18.2 Å². The van der Waals surface area contributed by atoms with Crippen LogP contribution in [0, 0.1) is 11.3 Å². The zero-order valence-electron chi connectivity index (χ0n) is 13.6. The van der Waals surface area contributed by atoms with E-state index in [1.54, 1.807) is 18.2 Å². The molecule has 7 heteroatoms. The summed E-state index contributed by atoms with van der Waals surface area (Å²) in [7, 11) is 0. The van der Waals surface area contributed by atoms with E-state index in [1.165, 1.54) is 6.20 Å². The highest BCUT2D eigenvalue weighted by Gasteiger charge is 2.06. The van der Waals surface area contributed by atoms with Gasteiger partial charge in [-0.15, -0.1) is 5.10 Å². The Hall–Kier alpha value is -3.66. The van der Waals surface area contributed by atoms with Crippen LogP contribution in [-0.2, 0) is 0 Å². The highest BCUT2D eigenvalue weighted by atomic mass is 16.5. The average molecular weight is 332 g/mol. The van der Waals surface area contributed by atoms with Crippen molar-refractivity contribution in [3.63, 3.8) is 0 Å². The van der Waals surface area contributed by atoms with Gasteiger partial charge in [0.15, 0.2) is 5.82 Å². The van der Waals surface area contributed by atoms with E-state index in [4.69, 9.17) is 10.00 Å². The van der Waals surface area contributed by atoms with Crippen molar-refractivity contribution < 1.29 is 4.74 Å². The first kappa shape index (κ1) is 16.2. The van der Waals surface area contributed by atoms with E-state index in [1.807, 2.05) is 37.3 Å². The summed E-state index contributed by atoms with van der Waals surface area (Å²) in [6, 6.07) is 16.7. The molecule has 0 aliphatic carbocycles. The highest BCUT2D eigenvalue weighted by molar-refractivity contribution is 5.64. The second-order valence-electron chi connectivity index (χ2n) is 5.04. The van der Waals surface area contributed by atoms with Crippen molar-refractivity contribution >= 4 is 23.1 Å². The van der Waals surface area contributed by atoms with Crippen molar-refractivity contribution in [1.29, 1.82) is 5.26 Å². The number of ether oxygens (including phenoxy) is 1. The van der Waals surface area contributed by atoms with E-state index in [0.29, 0.717) is 29.6 Å². The van der Waals surface area contributed by atoms with E-state index in [2.05, 4.69) is 31.9 Å². The van der Waals surface area contributed by atoms with E-state index in [0.717, 1.165) is 11.4 Å². The molecular weight excluding hydrogens is 316 g/mol. The van der Waals surface area contributed by atoms with Gasteiger partial charge in [0.25, 0.3) is 0 Å². The molecule has 0 bridgehead atoms. The van der Waals surface area contributed by atoms with Crippen LogP contribution in [0.1, 0.15) is 12.5 Å². The molecule has 1 aromatic heterocycles. The van der Waals surface area contributed by atoms with E-state index in [-0.39, 0.29) is 0 Å². The van der Waals surface area contributed by atoms with Crippen LogP contribution >= 0.6 is 0 Å². The van der Waals surface area contributed by atoms with Crippen LogP contribution in [0.2, 0.25) is 0 Å². The minimum Gasteiger partial charge on any atom is -0.492 e. The van der Waals surface area contributed by atoms with Gasteiger partial charge in [0.1, 0.15) is 5.75 Å². The fraction of sp³-hybridized carbons (Fsp3) is 0.111. The lowest BCUT2D eigenvalue weighted by Gasteiger charge is -2.12. The number of benzene rings is 2. The molecule has 3 rings (SSSR count). The number of anilines is 4. The van der Waals surface area contributed by atoms with Crippen molar-refractivity contribution in [2.45, 2.75) is 6.92 Å². The smallest absolute Gasteiger partial charge is 0.249 e. The van der Waals surface area contributed by atoms with Crippen LogP contribution in [0.25, 0.3) is 0 Å². The minimum atomic E-state index is 0.328. The molecule has 0 aliphatic heterocycles. The zero-order valence-corrected chi connectivity index (χ0v) is 13.6. The molecule has 0 unspecified atom stereocenters. The predicted octanol–water partition coefficient (Wildman–Crippen LogP) is 3.63. The number of nitrogens with one attached hydrogen (secondary N) is 2. The number of aromatic nitrogens is 3. The van der Waals surface area contributed by atoms with Gasteiger partial charge in [-0.3, -0.25) is 0 Å². The molecule has 0 atom stereocenters. The summed E-state index contributed by atoms with van der Waals surface area (Å²) in [5.41, 5.74) is 2.06. The molecule has 0 aliphatic rings. The van der Waals surface area contributed by atoms with Gasteiger partial charge < -0.3 is 15.4 Å². The Balaban J connectivity index is 1.79. The van der Waals surface area contributed by atoms with Gasteiger partial charge in [-0.05, 0) is 37.3 Å². The molecule has 2 N–H and O–H groups in total. The summed E-state index contributed by atoms with van der Waals surface area (Å²) in [6.07, 6.45) is 1.53. The van der Waals surface area contributed by atoms with Crippen LogP contribution in [-0.4, -0.2) is 21.8 Å². The van der Waals surface area contributed by atoms with Gasteiger partial charge in [0, 0.05) is 5.69 Å². The normalized spacial score (nSPS) is 9.92. The maximum absolute atomic E-state index is 8.96. The van der Waals surface area contributed by atoms with Crippen molar-refractivity contribution in [2.75, 3.05) is 17.2 Å². The first-order valence-electron chi connectivity index (χ1n) is 7.74. The SMILES string of the molecule is CCOc1ccccc1Nc1cnnc(Nc2cccc(C#N)c2)n1. The minimum absolute atomic E-state index is 0.328. The monoisotopic (exact) mass is 332 g/mol. The molecule has 124 valence electrons. The molecule has 0 saturated carbocycles. The lowest BCUT2D eigenvalue weighted by atomic mass is 10.2. The predicted molar refractivity (Wildman–Crippen MR) is 95.2 cm³/mol. The van der Waals surface area contributed by atoms with Crippen LogP contribution in [0.15, 0.2) is 54.7 Å². The zero-order chi connectivity index (χ0) is 17.5. The van der Waals surface area contributed by atoms with E-state index < -0.39 is 0 Å². The molecule has 3 aromatic rings. The first-order chi connectivity index (χ1) is 12.3. The van der Waals surface area contributed by atoms with E-state index >= 15 is 0 Å². The third-order valence-corrected chi connectivity index (χ3v) is 3.26. The summed E-state index contributed by atoms with van der Waals surface area (Å²) in [6.45, 7) is 2.50. The molecule has 0 amide bonds. The number of hydrogen-bond acceptors (Lipinski definition) is 7. The second kappa shape index (κ2) is 7.75. The number of nitrogens with zero attached hydrogens (tertiary/aromatic N) is 4. The van der Waals surface area contributed by atoms with Crippen LogP contribution < -0.4 is 15.4 Å². The van der Waals surface area contributed by atoms with Gasteiger partial charge in [-0.2, -0.15) is 15.3 Å². The summed E-state index contributed by atoms with van der Waals surface area (Å²) in [5.74, 6) is 1.59. The summed E-state index contributed by atoms with van der Waals surface area (Å²) < 4.78 is 5.59. The molecular formula is C18H16N6O. The van der Waals surface area contributed by atoms with E-state index in [9.17, 15) is 0 Å². The Labute approximate surface area is 145 Å². The van der Waals surface area contributed by atoms with Gasteiger partial charge in [-0.25, -0.2) is 0 Å². The molecule has 0 radical (unpaired) electrons. The number of para-hydroxylation sites is 2. The Morgan fingerprint density at radius 1 is 1.12 bits per heavy atom. The molecule has 2 aromatic carbocycles. The topological polar surface area (TPSA) is 95.8 Å². The lowest BCUT2D eigenvalue weighted by molar-refractivity contribution is 0.342. The maximum atomic E-state index is 8.96. The number of rotatable bonds is 6. The van der Waals surface area contributed by atoms with Crippen LogP contribution in [0.4, 0.5) is 23.1 Å². The largest absolute Gasteiger partial charge is 0.492 e. The molecule has 25 heavy (non-hydrogen) atoms. The Bertz CT molecular complexity index is 906. The van der Waals surface area contributed by atoms with Crippen molar-refractivity contribution in [2.24, 2.45) is 0 Å². The number of nitriles is 1. The average Bonchev–Trinajstić information content (AvgIpc) is 2.64. The van der Waals surface area contributed by atoms with Crippen LogP contribution in [0.5, 0.6) is 5.75 Å². The Morgan fingerprint density at radius 2 is 2.00 bits per heavy atom. The maximum Gasteiger partial charge on any atom is 0.249 e. The third kappa shape index (κ3) is 4.20. The van der Waals surface area contributed by atoms with Gasteiger partial charge in [0.2, 0.25) is 5.95 Å².